The largest absolute Gasteiger partial charge is 0.481 e. The lowest BCUT2D eigenvalue weighted by Gasteiger charge is -2.34. The van der Waals surface area contributed by atoms with Crippen molar-refractivity contribution in [2.75, 3.05) is 39.5 Å². The van der Waals surface area contributed by atoms with E-state index in [-0.39, 0.29) is 51.2 Å². The summed E-state index contributed by atoms with van der Waals surface area (Å²) in [6, 6.07) is -13.3. The predicted molar refractivity (Wildman–Crippen MR) is 249 cm³/mol. The number of carbonyl (C=O) groups excluding carboxylic acids is 9. The van der Waals surface area contributed by atoms with E-state index in [4.69, 9.17) is 5.73 Å². The summed E-state index contributed by atoms with van der Waals surface area (Å²) in [5.74, 6) is -11.7. The summed E-state index contributed by atoms with van der Waals surface area (Å²) in [6.45, 7) is 7.48. The van der Waals surface area contributed by atoms with Crippen LogP contribution in [0.5, 0.6) is 0 Å². The Morgan fingerprint density at radius 1 is 0.535 bits per heavy atom. The molecule has 3 fully saturated rings. The Hall–Kier alpha value is -5.99. The Labute approximate surface area is 411 Å². The summed E-state index contributed by atoms with van der Waals surface area (Å²) in [6.07, 6.45) is 1.02. The number of hydrogen-bond acceptors (Lipinski definition) is 15. The van der Waals surface area contributed by atoms with Crippen molar-refractivity contribution in [1.29, 1.82) is 0 Å². The minimum Gasteiger partial charge on any atom is -0.481 e. The second kappa shape index (κ2) is 27.6. The molecule has 26 nitrogen and oxygen atoms in total. The van der Waals surface area contributed by atoms with Crippen LogP contribution in [0.2, 0.25) is 0 Å². The van der Waals surface area contributed by atoms with Gasteiger partial charge >= 0.3 is 11.9 Å². The van der Waals surface area contributed by atoms with E-state index in [1.807, 2.05) is 0 Å². The van der Waals surface area contributed by atoms with Gasteiger partial charge in [-0.15, -0.1) is 0 Å². The normalized spacial score (nSPS) is 21.2. The first kappa shape index (κ1) is 59.3. The maximum Gasteiger partial charge on any atom is 0.326 e. The summed E-state index contributed by atoms with van der Waals surface area (Å²) < 4.78 is 0. The predicted octanol–water partition coefficient (Wildman–Crippen LogP) is -4.52. The highest BCUT2D eigenvalue weighted by atomic mass is 16.4. The number of carboxylic acids is 2. The van der Waals surface area contributed by atoms with Gasteiger partial charge < -0.3 is 77.9 Å². The zero-order valence-corrected chi connectivity index (χ0v) is 41.3. The number of carboxylic acid groups (broad SMARTS) is 2. The summed E-state index contributed by atoms with van der Waals surface area (Å²) >= 11 is 0. The van der Waals surface area contributed by atoms with Gasteiger partial charge in [-0.2, -0.15) is 0 Å². The maximum absolute atomic E-state index is 14.3. The van der Waals surface area contributed by atoms with Gasteiger partial charge in [0.15, 0.2) is 0 Å². The van der Waals surface area contributed by atoms with Crippen LogP contribution in [0.25, 0.3) is 0 Å². The molecule has 26 heteroatoms. The molecular weight excluding hydrogens is 937 g/mol. The molecule has 0 radical (unpaired) electrons. The van der Waals surface area contributed by atoms with Gasteiger partial charge in [0.05, 0.1) is 25.9 Å². The number of nitrogens with two attached hydrogens (primary N) is 1. The summed E-state index contributed by atoms with van der Waals surface area (Å²) in [5.41, 5.74) is 5.85. The standard InChI is InChI=1S/C45H74N10O16/c1-7-24(6)35(52-36(61)25(14-15-32(59)60)47-37(62)26(19-56)48-40(65)33(46)22(2)3)41(66)49-27(20-57)38(63)51-34(23(4)5)44(69)54-17-9-12-30(54)43(68)53-16-8-11-29(53)39(64)50-28(21-58)42(67)55-18-10-13-31(55)45(70)71/h22-31,33-35,56-58H,7-21,46H2,1-6H3,(H,47,62)(H,48,65)(H,49,66)(H,50,64)(H,51,63)(H,52,61)(H,59,60)(H,70,71)/t24-,25-,26-,27-,28-,29-,30-,31-,33-,34-,35-/m0/s1. The number of carbonyl (C=O) groups is 11. The van der Waals surface area contributed by atoms with Crippen LogP contribution in [0.1, 0.15) is 99.3 Å². The van der Waals surface area contributed by atoms with E-state index < -0.39 is 170 Å². The molecule has 0 spiro atoms. The molecule has 0 aromatic heterocycles. The molecule has 0 bridgehead atoms. The molecule has 400 valence electrons. The molecule has 13 N–H and O–H groups in total. The molecule has 0 aliphatic carbocycles. The number of nitrogens with zero attached hydrogens (tertiary/aromatic N) is 3. The van der Waals surface area contributed by atoms with Crippen molar-refractivity contribution in [2.24, 2.45) is 23.5 Å². The minimum atomic E-state index is -1.69. The van der Waals surface area contributed by atoms with Crippen LogP contribution in [0.4, 0.5) is 0 Å². The number of aliphatic carboxylic acids is 2. The van der Waals surface area contributed by atoms with Crippen LogP contribution in [-0.4, -0.2) is 205 Å². The second-order valence-electron chi connectivity index (χ2n) is 19.0. The smallest absolute Gasteiger partial charge is 0.326 e. The van der Waals surface area contributed by atoms with E-state index >= 15 is 0 Å². The third-order valence-electron chi connectivity index (χ3n) is 13.2. The average Bonchev–Trinajstić information content (AvgIpc) is 4.14. The fourth-order valence-corrected chi connectivity index (χ4v) is 8.65. The van der Waals surface area contributed by atoms with E-state index in [0.29, 0.717) is 19.3 Å². The van der Waals surface area contributed by atoms with Crippen LogP contribution in [0.3, 0.4) is 0 Å². The van der Waals surface area contributed by atoms with Crippen molar-refractivity contribution in [3.8, 4) is 0 Å². The Bertz CT molecular complexity index is 1960. The number of rotatable bonds is 26. The topological polar surface area (TPSA) is 397 Å². The molecule has 3 aliphatic rings. The molecule has 3 aliphatic heterocycles. The van der Waals surface area contributed by atoms with Crippen molar-refractivity contribution >= 4 is 65.1 Å². The lowest BCUT2D eigenvalue weighted by Crippen LogP contribution is -2.62. The number of likely N-dealkylation sites (tertiary alicyclic amines) is 3. The average molecular weight is 1010 g/mol. The van der Waals surface area contributed by atoms with Crippen LogP contribution in [0, 0.1) is 17.8 Å². The first-order valence-electron chi connectivity index (χ1n) is 24.2. The van der Waals surface area contributed by atoms with Crippen molar-refractivity contribution in [3.05, 3.63) is 0 Å². The highest BCUT2D eigenvalue weighted by molar-refractivity contribution is 5.99. The fraction of sp³-hybridized carbons (Fsp3) is 0.756. The third kappa shape index (κ3) is 15.8. The van der Waals surface area contributed by atoms with Crippen LogP contribution >= 0.6 is 0 Å². The zero-order chi connectivity index (χ0) is 53.4. The molecule has 0 saturated carbocycles. The lowest BCUT2D eigenvalue weighted by atomic mass is 9.97. The summed E-state index contributed by atoms with van der Waals surface area (Å²) in [4.78, 5) is 149. The zero-order valence-electron chi connectivity index (χ0n) is 41.3. The van der Waals surface area contributed by atoms with Gasteiger partial charge in [-0.1, -0.05) is 48.0 Å². The Balaban J connectivity index is 1.74. The van der Waals surface area contributed by atoms with Gasteiger partial charge in [0.25, 0.3) is 0 Å². The van der Waals surface area contributed by atoms with Gasteiger partial charge in [0, 0.05) is 26.1 Å². The summed E-state index contributed by atoms with van der Waals surface area (Å²) in [5, 5.41) is 63.7. The number of nitrogens with one attached hydrogen (secondary N) is 6. The molecule has 11 atom stereocenters. The molecule has 9 amide bonds. The van der Waals surface area contributed by atoms with Crippen molar-refractivity contribution in [1.82, 2.24) is 46.6 Å². The summed E-state index contributed by atoms with van der Waals surface area (Å²) in [7, 11) is 0. The number of amides is 9. The van der Waals surface area contributed by atoms with Crippen LogP contribution in [0.15, 0.2) is 0 Å². The molecule has 0 aromatic carbocycles. The highest BCUT2D eigenvalue weighted by Gasteiger charge is 2.46. The van der Waals surface area contributed by atoms with Gasteiger partial charge in [-0.25, -0.2) is 4.79 Å². The molecule has 71 heavy (non-hydrogen) atoms. The van der Waals surface area contributed by atoms with E-state index in [2.05, 4.69) is 31.9 Å². The molecule has 0 aromatic rings. The third-order valence-corrected chi connectivity index (χ3v) is 13.2. The van der Waals surface area contributed by atoms with E-state index in [0.717, 1.165) is 4.90 Å². The quantitative estimate of drug-likeness (QED) is 0.0388. The first-order valence-corrected chi connectivity index (χ1v) is 24.2. The van der Waals surface area contributed by atoms with E-state index in [1.54, 1.807) is 41.5 Å². The minimum absolute atomic E-state index is 0.104. The van der Waals surface area contributed by atoms with Gasteiger partial charge in [0.2, 0.25) is 53.2 Å². The Kier molecular flexibility index (Phi) is 23.0. The Morgan fingerprint density at radius 2 is 1.00 bits per heavy atom. The van der Waals surface area contributed by atoms with Gasteiger partial charge in [-0.3, -0.25) is 47.9 Å². The molecule has 3 heterocycles. The SMILES string of the molecule is CC[C@H](C)[C@H](NC(=O)[C@H](CCC(=O)O)NC(=O)[C@H](CO)NC(=O)[C@@H](N)C(C)C)C(=O)N[C@@H](CO)C(=O)N[C@H](C(=O)N1CCC[C@H]1C(=O)N1CCC[C@H]1C(=O)N[C@@H](CO)C(=O)N1CCC[C@H]1C(=O)O)C(C)C. The molecule has 3 saturated heterocycles. The van der Waals surface area contributed by atoms with Crippen molar-refractivity contribution in [3.63, 3.8) is 0 Å². The fourth-order valence-electron chi connectivity index (χ4n) is 8.65. The highest BCUT2D eigenvalue weighted by Crippen LogP contribution is 2.27. The van der Waals surface area contributed by atoms with E-state index in [9.17, 15) is 78.3 Å². The monoisotopic (exact) mass is 1010 g/mol. The van der Waals surface area contributed by atoms with Gasteiger partial charge in [-0.05, 0) is 62.7 Å². The number of aliphatic hydroxyl groups is 3. The lowest BCUT2D eigenvalue weighted by molar-refractivity contribution is -0.151. The van der Waals surface area contributed by atoms with Crippen molar-refractivity contribution in [2.45, 2.75) is 160 Å². The first-order chi connectivity index (χ1) is 33.4. The molecular formula is C45H74N10O16. The molecule has 3 rings (SSSR count). The van der Waals surface area contributed by atoms with Crippen LogP contribution < -0.4 is 37.6 Å². The second-order valence-corrected chi connectivity index (χ2v) is 19.0. The maximum atomic E-state index is 14.3. The molecule has 0 unspecified atom stereocenters. The van der Waals surface area contributed by atoms with E-state index in [1.165, 1.54) is 9.80 Å². The van der Waals surface area contributed by atoms with Crippen LogP contribution in [-0.2, 0) is 52.7 Å². The van der Waals surface area contributed by atoms with Crippen molar-refractivity contribution < 1.29 is 78.3 Å². The Morgan fingerprint density at radius 3 is 1.51 bits per heavy atom. The van der Waals surface area contributed by atoms with Gasteiger partial charge in [0.1, 0.15) is 54.4 Å². The number of hydrogen-bond donors (Lipinski definition) is 12. The number of aliphatic hydroxyl groups excluding tert-OH is 3.